The van der Waals surface area contributed by atoms with Gasteiger partial charge in [0.05, 0.1) is 0 Å². The number of pyridine rings is 1. The highest BCUT2D eigenvalue weighted by atomic mass is 35.5. The number of oxime groups is 1. The van der Waals surface area contributed by atoms with Crippen molar-refractivity contribution in [2.24, 2.45) is 5.16 Å². The molecule has 0 aromatic carbocycles. The Morgan fingerprint density at radius 3 is 3.00 bits per heavy atom. The lowest BCUT2D eigenvalue weighted by molar-refractivity contribution is -0.732. The molecule has 0 saturated heterocycles. The van der Waals surface area contributed by atoms with Crippen molar-refractivity contribution in [1.82, 2.24) is 0 Å². The van der Waals surface area contributed by atoms with Crippen LogP contribution in [0.1, 0.15) is 5.69 Å². The van der Waals surface area contributed by atoms with Gasteiger partial charge in [-0.3, -0.25) is 0 Å². The minimum absolute atomic E-state index is 0. The summed E-state index contributed by atoms with van der Waals surface area (Å²) in [7, 11) is 0. The number of ether oxygens (including phenoxy) is 1. The summed E-state index contributed by atoms with van der Waals surface area (Å²) in [5.74, 6) is 0. The maximum absolute atomic E-state index is 8.36. The fourth-order valence-electron chi connectivity index (χ4n) is 0.916. The fraction of sp³-hybridized carbons (Fsp3) is 0.250. The summed E-state index contributed by atoms with van der Waals surface area (Å²) >= 11 is 5.36. The van der Waals surface area contributed by atoms with E-state index < -0.39 is 0 Å². The zero-order chi connectivity index (χ0) is 9.52. The molecule has 0 atom stereocenters. The molecule has 0 fully saturated rings. The largest absolute Gasteiger partial charge is 1.00 e. The summed E-state index contributed by atoms with van der Waals surface area (Å²) in [6.45, 7) is 0.339. The maximum atomic E-state index is 8.36. The Morgan fingerprint density at radius 2 is 2.36 bits per heavy atom. The fourth-order valence-corrected chi connectivity index (χ4v) is 0.985. The topological polar surface area (TPSA) is 45.7 Å². The third kappa shape index (κ3) is 3.91. The molecule has 78 valence electrons. The summed E-state index contributed by atoms with van der Waals surface area (Å²) in [4.78, 5) is 0. The third-order valence-electron chi connectivity index (χ3n) is 1.47. The van der Waals surface area contributed by atoms with Crippen molar-refractivity contribution < 1.29 is 26.9 Å². The molecule has 4 nitrogen and oxygen atoms in total. The molecule has 1 rings (SSSR count). The van der Waals surface area contributed by atoms with Gasteiger partial charge in [0, 0.05) is 12.1 Å². The van der Waals surface area contributed by atoms with Gasteiger partial charge in [-0.25, -0.2) is 0 Å². The third-order valence-corrected chi connectivity index (χ3v) is 1.63. The first-order valence-corrected chi connectivity index (χ1v) is 4.21. The van der Waals surface area contributed by atoms with Crippen LogP contribution in [-0.4, -0.2) is 17.5 Å². The Labute approximate surface area is 93.2 Å². The van der Waals surface area contributed by atoms with Crippen LogP contribution in [0.3, 0.4) is 0 Å². The van der Waals surface area contributed by atoms with Crippen molar-refractivity contribution in [2.45, 2.75) is 6.73 Å². The van der Waals surface area contributed by atoms with Crippen molar-refractivity contribution in [3.63, 3.8) is 0 Å². The molecular formula is C8H10Cl2N2O2. The van der Waals surface area contributed by atoms with E-state index in [9.17, 15) is 0 Å². The van der Waals surface area contributed by atoms with E-state index in [0.717, 1.165) is 5.69 Å². The number of rotatable bonds is 4. The van der Waals surface area contributed by atoms with E-state index >= 15 is 0 Å². The molecular weight excluding hydrogens is 227 g/mol. The van der Waals surface area contributed by atoms with E-state index in [-0.39, 0.29) is 18.5 Å². The van der Waals surface area contributed by atoms with Crippen LogP contribution in [0.25, 0.3) is 0 Å². The highest BCUT2D eigenvalue weighted by molar-refractivity contribution is 6.17. The lowest BCUT2D eigenvalue weighted by Gasteiger charge is -1.97. The summed E-state index contributed by atoms with van der Waals surface area (Å²) in [5, 5.41) is 11.3. The van der Waals surface area contributed by atoms with Gasteiger partial charge >= 0.3 is 0 Å². The second-order valence-electron chi connectivity index (χ2n) is 2.28. The average molecular weight is 237 g/mol. The Hall–Kier alpha value is -0.840. The van der Waals surface area contributed by atoms with Crippen LogP contribution in [0, 0.1) is 0 Å². The number of nitrogens with zero attached hydrogens (tertiary/aromatic N) is 2. The molecule has 0 amide bonds. The van der Waals surface area contributed by atoms with Gasteiger partial charge in [0.2, 0.25) is 5.69 Å². The Kier molecular flexibility index (Phi) is 7.10. The van der Waals surface area contributed by atoms with Crippen LogP contribution in [0.15, 0.2) is 29.6 Å². The van der Waals surface area contributed by atoms with Gasteiger partial charge in [0.15, 0.2) is 6.20 Å². The van der Waals surface area contributed by atoms with Crippen LogP contribution in [-0.2, 0) is 11.5 Å². The van der Waals surface area contributed by atoms with Crippen molar-refractivity contribution in [2.75, 3.05) is 6.07 Å². The van der Waals surface area contributed by atoms with Crippen LogP contribution in [0.2, 0.25) is 0 Å². The average Bonchev–Trinajstić information content (AvgIpc) is 2.17. The van der Waals surface area contributed by atoms with Gasteiger partial charge in [-0.15, -0.1) is 0 Å². The van der Waals surface area contributed by atoms with E-state index in [4.69, 9.17) is 21.5 Å². The van der Waals surface area contributed by atoms with Crippen LogP contribution >= 0.6 is 11.6 Å². The van der Waals surface area contributed by atoms with Crippen molar-refractivity contribution in [3.8, 4) is 0 Å². The second-order valence-corrected chi connectivity index (χ2v) is 2.50. The molecule has 1 heterocycles. The Bertz CT molecular complexity index is 294. The molecule has 0 aliphatic carbocycles. The first-order chi connectivity index (χ1) is 6.38. The minimum atomic E-state index is 0. The monoisotopic (exact) mass is 236 g/mol. The first kappa shape index (κ1) is 13.2. The molecule has 14 heavy (non-hydrogen) atoms. The smallest absolute Gasteiger partial charge is 0.254 e. The van der Waals surface area contributed by atoms with Crippen molar-refractivity contribution in [3.05, 3.63) is 30.1 Å². The molecule has 1 aromatic rings. The molecule has 1 aromatic heterocycles. The number of hydrogen-bond acceptors (Lipinski definition) is 3. The van der Waals surface area contributed by atoms with Crippen LogP contribution < -0.4 is 17.0 Å². The van der Waals surface area contributed by atoms with Crippen molar-refractivity contribution >= 4 is 17.8 Å². The number of aromatic nitrogens is 1. The second kappa shape index (κ2) is 7.55. The quantitative estimate of drug-likeness (QED) is 0.215. The van der Waals surface area contributed by atoms with E-state index in [1.807, 2.05) is 18.3 Å². The van der Waals surface area contributed by atoms with Gasteiger partial charge in [-0.1, -0.05) is 16.8 Å². The predicted molar refractivity (Wildman–Crippen MR) is 47.8 cm³/mol. The number of alkyl halides is 1. The van der Waals surface area contributed by atoms with Gasteiger partial charge in [0.25, 0.3) is 6.73 Å². The molecule has 0 aliphatic rings. The molecule has 0 radical (unpaired) electrons. The molecule has 0 unspecified atom stereocenters. The van der Waals surface area contributed by atoms with Crippen LogP contribution in [0.4, 0.5) is 0 Å². The standard InChI is InChI=1S/C8H9ClN2O2.ClH/c9-6-13-7-11-4-2-1-3-8(11)5-10-12;/h1-5H,6-7H2;1H. The Balaban J connectivity index is 0.00000169. The van der Waals surface area contributed by atoms with E-state index in [2.05, 4.69) is 5.16 Å². The molecule has 0 spiro atoms. The molecule has 1 N–H and O–H groups in total. The summed E-state index contributed by atoms with van der Waals surface area (Å²) in [6.07, 6.45) is 3.14. The zero-order valence-corrected chi connectivity index (χ0v) is 8.82. The minimum Gasteiger partial charge on any atom is -1.00 e. The summed E-state index contributed by atoms with van der Waals surface area (Å²) in [6, 6.07) is 5.63. The highest BCUT2D eigenvalue weighted by Gasteiger charge is 2.05. The SMILES string of the molecule is O/N=C/c1cccc[n+]1COCCl.[Cl-]. The van der Waals surface area contributed by atoms with Crippen molar-refractivity contribution in [1.29, 1.82) is 0 Å². The van der Waals surface area contributed by atoms with Gasteiger partial charge in [0.1, 0.15) is 12.3 Å². The maximum Gasteiger partial charge on any atom is 0.254 e. The predicted octanol–water partition coefficient (Wildman–Crippen LogP) is -2.04. The summed E-state index contributed by atoms with van der Waals surface area (Å²) < 4.78 is 6.76. The normalized spacial score (nSPS) is 10.1. The van der Waals surface area contributed by atoms with Gasteiger partial charge < -0.3 is 22.4 Å². The molecule has 6 heteroatoms. The lowest BCUT2D eigenvalue weighted by Crippen LogP contribution is -3.00. The number of hydrogen-bond donors (Lipinski definition) is 1. The highest BCUT2D eigenvalue weighted by Crippen LogP contribution is 1.88. The number of halogens is 2. The van der Waals surface area contributed by atoms with Gasteiger partial charge in [-0.2, -0.15) is 4.57 Å². The van der Waals surface area contributed by atoms with E-state index in [1.54, 1.807) is 10.6 Å². The van der Waals surface area contributed by atoms with Crippen LogP contribution in [0.5, 0.6) is 0 Å². The van der Waals surface area contributed by atoms with E-state index in [0.29, 0.717) is 6.73 Å². The summed E-state index contributed by atoms with van der Waals surface area (Å²) in [5.41, 5.74) is 0.745. The van der Waals surface area contributed by atoms with Gasteiger partial charge in [-0.05, 0) is 6.07 Å². The Morgan fingerprint density at radius 1 is 1.57 bits per heavy atom. The lowest BCUT2D eigenvalue weighted by atomic mass is 10.3. The van der Waals surface area contributed by atoms with E-state index in [1.165, 1.54) is 6.21 Å². The zero-order valence-electron chi connectivity index (χ0n) is 7.31. The molecule has 0 aliphatic heterocycles. The first-order valence-electron chi connectivity index (χ1n) is 3.68. The molecule has 0 bridgehead atoms. The molecule has 0 saturated carbocycles.